The Balaban J connectivity index is 1.97. The number of benzene rings is 2. The number of carbonyl (C=O) groups is 2. The molecule has 1 amide bonds. The fourth-order valence-electron chi connectivity index (χ4n) is 1.93. The molecule has 0 aliphatic heterocycles. The van der Waals surface area contributed by atoms with Crippen LogP contribution in [0.1, 0.15) is 10.4 Å². The number of esters is 1. The maximum Gasteiger partial charge on any atom is 0.338 e. The lowest BCUT2D eigenvalue weighted by molar-refractivity contribution is -0.119. The molecule has 0 atom stereocenters. The molecule has 2 aromatic rings. The van der Waals surface area contributed by atoms with Gasteiger partial charge in [0.15, 0.2) is 24.1 Å². The zero-order valence-electron chi connectivity index (χ0n) is 13.5. The number of carbonyl (C=O) groups excluding carboxylic acids is 2. The first-order chi connectivity index (χ1) is 11.8. The number of hydrogen-bond donors (Lipinski definition) is 1. The quantitative estimate of drug-likeness (QED) is 0.664. The van der Waals surface area contributed by atoms with Crippen LogP contribution in [-0.4, -0.2) is 32.6 Å². The molecule has 0 heterocycles. The van der Waals surface area contributed by atoms with Crippen LogP contribution >= 0.6 is 0 Å². The Bertz CT molecular complexity index is 810. The van der Waals surface area contributed by atoms with E-state index in [1.165, 1.54) is 6.07 Å². The fraction of sp³-hybridized carbons (Fsp3) is 0.176. The van der Waals surface area contributed by atoms with Crippen LogP contribution < -0.4 is 10.2 Å². The Labute approximate surface area is 142 Å². The van der Waals surface area contributed by atoms with Gasteiger partial charge in [-0.05, 0) is 30.3 Å². The monoisotopic (exact) mass is 352 g/mol. The smallest absolute Gasteiger partial charge is 0.338 e. The molecule has 0 spiro atoms. The van der Waals surface area contributed by atoms with Crippen molar-refractivity contribution in [2.24, 2.45) is 0 Å². The third kappa shape index (κ3) is 4.50. The molecule has 2 aromatic carbocycles. The van der Waals surface area contributed by atoms with Crippen molar-refractivity contribution in [3.63, 3.8) is 0 Å². The second-order valence-electron chi connectivity index (χ2n) is 5.29. The summed E-state index contributed by atoms with van der Waals surface area (Å²) in [6, 6.07) is 8.08. The summed E-state index contributed by atoms with van der Waals surface area (Å²) in [6.45, 7) is -0.705. The SMILES string of the molecule is CN(C)c1cccc(C(=O)OCC(=O)Nc2ccc(F)c(F)c2F)c1. The van der Waals surface area contributed by atoms with Crippen molar-refractivity contribution in [3.8, 4) is 0 Å². The van der Waals surface area contributed by atoms with Gasteiger partial charge in [-0.2, -0.15) is 0 Å². The lowest BCUT2D eigenvalue weighted by Gasteiger charge is -2.13. The van der Waals surface area contributed by atoms with Crippen LogP contribution in [-0.2, 0) is 9.53 Å². The van der Waals surface area contributed by atoms with Crippen molar-refractivity contribution in [1.82, 2.24) is 0 Å². The summed E-state index contributed by atoms with van der Waals surface area (Å²) < 4.78 is 44.2. The normalized spacial score (nSPS) is 10.3. The average Bonchev–Trinajstić information content (AvgIpc) is 2.60. The predicted octanol–water partition coefficient (Wildman–Crippen LogP) is 2.97. The van der Waals surface area contributed by atoms with Crippen LogP contribution in [0.4, 0.5) is 24.5 Å². The second-order valence-corrected chi connectivity index (χ2v) is 5.29. The first-order valence-electron chi connectivity index (χ1n) is 7.17. The van der Waals surface area contributed by atoms with Crippen LogP contribution in [0.2, 0.25) is 0 Å². The Hall–Kier alpha value is -3.03. The summed E-state index contributed by atoms with van der Waals surface area (Å²) in [7, 11) is 3.60. The van der Waals surface area contributed by atoms with Crippen LogP contribution in [0, 0.1) is 17.5 Å². The van der Waals surface area contributed by atoms with Crippen molar-refractivity contribution in [3.05, 3.63) is 59.4 Å². The van der Waals surface area contributed by atoms with Gasteiger partial charge in [0.05, 0.1) is 11.3 Å². The maximum atomic E-state index is 13.5. The second kappa shape index (κ2) is 7.69. The van der Waals surface area contributed by atoms with Gasteiger partial charge in [0, 0.05) is 19.8 Å². The Morgan fingerprint density at radius 2 is 1.80 bits per heavy atom. The first-order valence-corrected chi connectivity index (χ1v) is 7.17. The topological polar surface area (TPSA) is 58.6 Å². The van der Waals surface area contributed by atoms with Crippen LogP contribution in [0.3, 0.4) is 0 Å². The number of ether oxygens (including phenoxy) is 1. The highest BCUT2D eigenvalue weighted by atomic mass is 19.2. The number of anilines is 2. The lowest BCUT2D eigenvalue weighted by Crippen LogP contribution is -2.22. The molecular formula is C17H15F3N2O3. The summed E-state index contributed by atoms with van der Waals surface area (Å²) in [5.41, 5.74) is 0.454. The molecule has 2 rings (SSSR count). The van der Waals surface area contributed by atoms with Gasteiger partial charge < -0.3 is 15.0 Å². The Morgan fingerprint density at radius 3 is 2.48 bits per heavy atom. The van der Waals surface area contributed by atoms with Gasteiger partial charge in [-0.15, -0.1) is 0 Å². The largest absolute Gasteiger partial charge is 0.452 e. The third-order valence-electron chi connectivity index (χ3n) is 3.24. The molecule has 25 heavy (non-hydrogen) atoms. The molecule has 0 saturated heterocycles. The molecule has 132 valence electrons. The first kappa shape index (κ1) is 18.3. The summed E-state index contributed by atoms with van der Waals surface area (Å²) >= 11 is 0. The van der Waals surface area contributed by atoms with E-state index in [1.807, 2.05) is 5.32 Å². The van der Waals surface area contributed by atoms with E-state index < -0.39 is 41.6 Å². The van der Waals surface area contributed by atoms with E-state index in [-0.39, 0.29) is 5.56 Å². The molecule has 1 N–H and O–H groups in total. The van der Waals surface area contributed by atoms with E-state index >= 15 is 0 Å². The molecule has 0 aromatic heterocycles. The Morgan fingerprint density at radius 1 is 1.08 bits per heavy atom. The van der Waals surface area contributed by atoms with Crippen molar-refractivity contribution >= 4 is 23.3 Å². The number of halogens is 3. The molecule has 5 nitrogen and oxygen atoms in total. The van der Waals surface area contributed by atoms with Crippen molar-refractivity contribution < 1.29 is 27.5 Å². The van der Waals surface area contributed by atoms with E-state index in [0.717, 1.165) is 11.8 Å². The van der Waals surface area contributed by atoms with Crippen molar-refractivity contribution in [1.29, 1.82) is 0 Å². The average molecular weight is 352 g/mol. The van der Waals surface area contributed by atoms with E-state index in [9.17, 15) is 22.8 Å². The molecule has 0 unspecified atom stereocenters. The highest BCUT2D eigenvalue weighted by Gasteiger charge is 2.16. The molecule has 0 bridgehead atoms. The van der Waals surface area contributed by atoms with Gasteiger partial charge in [-0.1, -0.05) is 6.07 Å². The molecule has 0 aliphatic rings. The lowest BCUT2D eigenvalue weighted by atomic mass is 10.2. The van der Waals surface area contributed by atoms with Gasteiger partial charge in [0.1, 0.15) is 0 Å². The minimum absolute atomic E-state index is 0.234. The minimum atomic E-state index is -1.70. The molecule has 0 saturated carbocycles. The fourth-order valence-corrected chi connectivity index (χ4v) is 1.93. The number of nitrogens with zero attached hydrogens (tertiary/aromatic N) is 1. The zero-order chi connectivity index (χ0) is 18.6. The van der Waals surface area contributed by atoms with E-state index in [1.54, 1.807) is 37.2 Å². The number of hydrogen-bond acceptors (Lipinski definition) is 4. The summed E-state index contributed by atoms with van der Waals surface area (Å²) in [5.74, 6) is -6.23. The standard InChI is InChI=1S/C17H15F3N2O3/c1-22(2)11-5-3-4-10(8-11)17(24)25-9-14(23)21-13-7-6-12(18)15(19)16(13)20/h3-8H,9H2,1-2H3,(H,21,23). The molecule has 0 fully saturated rings. The van der Waals surface area contributed by atoms with Crippen LogP contribution in [0.15, 0.2) is 36.4 Å². The van der Waals surface area contributed by atoms with Gasteiger partial charge in [-0.25, -0.2) is 18.0 Å². The minimum Gasteiger partial charge on any atom is -0.452 e. The van der Waals surface area contributed by atoms with Crippen molar-refractivity contribution in [2.75, 3.05) is 30.9 Å². The van der Waals surface area contributed by atoms with Gasteiger partial charge >= 0.3 is 5.97 Å². The molecule has 0 radical (unpaired) electrons. The molecule has 8 heteroatoms. The summed E-state index contributed by atoms with van der Waals surface area (Å²) in [6.07, 6.45) is 0. The van der Waals surface area contributed by atoms with Gasteiger partial charge in [-0.3, -0.25) is 4.79 Å². The number of amides is 1. The zero-order valence-corrected chi connectivity index (χ0v) is 13.5. The highest BCUT2D eigenvalue weighted by Crippen LogP contribution is 2.19. The Kier molecular flexibility index (Phi) is 5.63. The van der Waals surface area contributed by atoms with Crippen molar-refractivity contribution in [2.45, 2.75) is 0 Å². The van der Waals surface area contributed by atoms with Gasteiger partial charge in [0.25, 0.3) is 5.91 Å². The molecule has 0 aliphatic carbocycles. The molecular weight excluding hydrogens is 337 g/mol. The summed E-state index contributed by atoms with van der Waals surface area (Å²) in [4.78, 5) is 25.4. The van der Waals surface area contributed by atoms with E-state index in [0.29, 0.717) is 6.07 Å². The number of nitrogens with one attached hydrogen (secondary N) is 1. The van der Waals surface area contributed by atoms with Gasteiger partial charge in [0.2, 0.25) is 0 Å². The van der Waals surface area contributed by atoms with Crippen LogP contribution in [0.25, 0.3) is 0 Å². The maximum absolute atomic E-state index is 13.5. The highest BCUT2D eigenvalue weighted by molar-refractivity contribution is 5.96. The van der Waals surface area contributed by atoms with E-state index in [4.69, 9.17) is 4.74 Å². The summed E-state index contributed by atoms with van der Waals surface area (Å²) in [5, 5.41) is 2.01. The van der Waals surface area contributed by atoms with E-state index in [2.05, 4.69) is 0 Å². The predicted molar refractivity (Wildman–Crippen MR) is 86.0 cm³/mol. The van der Waals surface area contributed by atoms with Crippen LogP contribution in [0.5, 0.6) is 0 Å². The third-order valence-corrected chi connectivity index (χ3v) is 3.24. The number of rotatable bonds is 5.